The van der Waals surface area contributed by atoms with E-state index in [0.29, 0.717) is 12.2 Å². The summed E-state index contributed by atoms with van der Waals surface area (Å²) < 4.78 is 1.73. The average molecular weight is 304 g/mol. The molecular weight excluding hydrogens is 284 g/mol. The third kappa shape index (κ3) is 2.61. The highest BCUT2D eigenvalue weighted by atomic mass is 16.4. The molecule has 0 radical (unpaired) electrons. The maximum Gasteiger partial charge on any atom is 0.320 e. The fourth-order valence-corrected chi connectivity index (χ4v) is 2.99. The summed E-state index contributed by atoms with van der Waals surface area (Å²) in [7, 11) is 0. The van der Waals surface area contributed by atoms with Crippen molar-refractivity contribution < 1.29 is 9.90 Å². The number of hydrogen-bond donors (Lipinski definition) is 1. The molecule has 1 fully saturated rings. The van der Waals surface area contributed by atoms with Crippen molar-refractivity contribution in [2.45, 2.75) is 26.3 Å². The summed E-state index contributed by atoms with van der Waals surface area (Å²) in [6.07, 6.45) is 2.12. The van der Waals surface area contributed by atoms with E-state index in [1.165, 1.54) is 6.33 Å². The van der Waals surface area contributed by atoms with Gasteiger partial charge in [-0.1, -0.05) is 6.92 Å². The molecular formula is C14H20N6O2. The van der Waals surface area contributed by atoms with E-state index in [0.717, 1.165) is 37.7 Å². The Kier molecular flexibility index (Phi) is 3.93. The van der Waals surface area contributed by atoms with Gasteiger partial charge in [-0.05, 0) is 13.3 Å². The predicted octanol–water partition coefficient (Wildman–Crippen LogP) is 0.418. The first kappa shape index (κ1) is 14.7. The smallest absolute Gasteiger partial charge is 0.320 e. The van der Waals surface area contributed by atoms with Crippen molar-refractivity contribution >= 4 is 17.6 Å². The summed E-state index contributed by atoms with van der Waals surface area (Å²) in [6.45, 7) is 6.83. The predicted molar refractivity (Wildman–Crippen MR) is 81.0 cm³/mol. The van der Waals surface area contributed by atoms with Crippen LogP contribution < -0.4 is 4.90 Å². The number of carbonyl (C=O) groups is 1. The third-order valence-electron chi connectivity index (χ3n) is 4.11. The highest BCUT2D eigenvalue weighted by molar-refractivity contribution is 5.73. The second-order valence-corrected chi connectivity index (χ2v) is 5.51. The largest absolute Gasteiger partial charge is 0.480 e. The molecule has 2 aromatic rings. The maximum atomic E-state index is 11.3. The lowest BCUT2D eigenvalue weighted by molar-refractivity contribution is -0.143. The number of piperazine rings is 1. The van der Waals surface area contributed by atoms with Gasteiger partial charge in [0, 0.05) is 37.9 Å². The van der Waals surface area contributed by atoms with Gasteiger partial charge in [0.15, 0.2) is 0 Å². The number of fused-ring (bicyclic) bond motifs is 1. The zero-order valence-corrected chi connectivity index (χ0v) is 12.8. The Morgan fingerprint density at radius 2 is 2.09 bits per heavy atom. The van der Waals surface area contributed by atoms with Crippen molar-refractivity contribution in [1.29, 1.82) is 0 Å². The average Bonchev–Trinajstić information content (AvgIpc) is 2.95. The molecule has 0 bridgehead atoms. The molecule has 0 spiro atoms. The molecule has 3 heterocycles. The van der Waals surface area contributed by atoms with Gasteiger partial charge in [0.2, 0.25) is 0 Å². The number of aromatic nitrogens is 4. The normalized spacial score (nSPS) is 17.8. The Morgan fingerprint density at radius 3 is 2.73 bits per heavy atom. The first-order chi connectivity index (χ1) is 10.6. The van der Waals surface area contributed by atoms with E-state index in [2.05, 4.69) is 20.0 Å². The van der Waals surface area contributed by atoms with Gasteiger partial charge in [-0.15, -0.1) is 0 Å². The SMILES string of the molecule is CCC(C(=O)O)N1CCN(c2cc(C)nc3ncnn23)CC1. The van der Waals surface area contributed by atoms with Crippen LogP contribution in [0.5, 0.6) is 0 Å². The Labute approximate surface area is 128 Å². The molecule has 0 saturated carbocycles. The molecule has 8 heteroatoms. The van der Waals surface area contributed by atoms with Crippen LogP contribution in [0.1, 0.15) is 19.0 Å². The van der Waals surface area contributed by atoms with Gasteiger partial charge in [0.1, 0.15) is 18.2 Å². The summed E-state index contributed by atoms with van der Waals surface area (Å²) in [4.78, 5) is 24.0. The minimum atomic E-state index is -0.741. The zero-order chi connectivity index (χ0) is 15.7. The Bertz CT molecular complexity index is 677. The van der Waals surface area contributed by atoms with Crippen molar-refractivity contribution in [1.82, 2.24) is 24.5 Å². The zero-order valence-electron chi connectivity index (χ0n) is 12.8. The second kappa shape index (κ2) is 5.88. The summed E-state index contributed by atoms with van der Waals surface area (Å²) in [5, 5.41) is 13.5. The number of aryl methyl sites for hydroxylation is 1. The summed E-state index contributed by atoms with van der Waals surface area (Å²) >= 11 is 0. The Balaban J connectivity index is 1.78. The van der Waals surface area contributed by atoms with Crippen LogP contribution in [0.2, 0.25) is 0 Å². The van der Waals surface area contributed by atoms with E-state index in [1.54, 1.807) is 4.52 Å². The number of carboxylic acid groups (broad SMARTS) is 1. The van der Waals surface area contributed by atoms with Gasteiger partial charge in [-0.2, -0.15) is 14.6 Å². The highest BCUT2D eigenvalue weighted by Crippen LogP contribution is 2.19. The number of anilines is 1. The first-order valence-electron chi connectivity index (χ1n) is 7.49. The number of hydrogen-bond acceptors (Lipinski definition) is 6. The van der Waals surface area contributed by atoms with E-state index >= 15 is 0 Å². The van der Waals surface area contributed by atoms with E-state index < -0.39 is 12.0 Å². The molecule has 2 aromatic heterocycles. The molecule has 1 unspecified atom stereocenters. The Hall–Kier alpha value is -2.22. The van der Waals surface area contributed by atoms with Crippen LogP contribution in [0, 0.1) is 6.92 Å². The lowest BCUT2D eigenvalue weighted by atomic mass is 10.1. The molecule has 1 atom stereocenters. The van der Waals surface area contributed by atoms with Crippen LogP contribution in [0.4, 0.5) is 5.82 Å². The number of aliphatic carboxylic acids is 1. The second-order valence-electron chi connectivity index (χ2n) is 5.51. The van der Waals surface area contributed by atoms with Crippen molar-refractivity contribution in [3.8, 4) is 0 Å². The summed E-state index contributed by atoms with van der Waals surface area (Å²) in [5.74, 6) is 0.812. The van der Waals surface area contributed by atoms with Gasteiger partial charge < -0.3 is 10.0 Å². The van der Waals surface area contributed by atoms with Gasteiger partial charge >= 0.3 is 5.97 Å². The number of carboxylic acids is 1. The molecule has 22 heavy (non-hydrogen) atoms. The van der Waals surface area contributed by atoms with Crippen molar-refractivity contribution in [2.24, 2.45) is 0 Å². The maximum absolute atomic E-state index is 11.3. The fraction of sp³-hybridized carbons (Fsp3) is 0.571. The van der Waals surface area contributed by atoms with Crippen LogP contribution in [0.15, 0.2) is 12.4 Å². The molecule has 1 aliphatic rings. The van der Waals surface area contributed by atoms with Crippen LogP contribution in [-0.2, 0) is 4.79 Å². The molecule has 1 saturated heterocycles. The summed E-state index contributed by atoms with van der Waals surface area (Å²) in [5.41, 5.74) is 0.898. The Morgan fingerprint density at radius 1 is 1.36 bits per heavy atom. The van der Waals surface area contributed by atoms with Crippen LogP contribution in [0.3, 0.4) is 0 Å². The monoisotopic (exact) mass is 304 g/mol. The lowest BCUT2D eigenvalue weighted by Gasteiger charge is -2.38. The number of nitrogens with zero attached hydrogens (tertiary/aromatic N) is 6. The van der Waals surface area contributed by atoms with E-state index in [-0.39, 0.29) is 0 Å². The third-order valence-corrected chi connectivity index (χ3v) is 4.11. The summed E-state index contributed by atoms with van der Waals surface area (Å²) in [6, 6.07) is 1.60. The minimum absolute atomic E-state index is 0.396. The van der Waals surface area contributed by atoms with E-state index in [1.807, 2.05) is 24.8 Å². The van der Waals surface area contributed by atoms with Crippen LogP contribution in [0.25, 0.3) is 5.78 Å². The van der Waals surface area contributed by atoms with Gasteiger partial charge in [0.05, 0.1) is 0 Å². The van der Waals surface area contributed by atoms with Gasteiger partial charge in [-0.25, -0.2) is 4.98 Å². The highest BCUT2D eigenvalue weighted by Gasteiger charge is 2.28. The fourth-order valence-electron chi connectivity index (χ4n) is 2.99. The molecule has 8 nitrogen and oxygen atoms in total. The molecule has 0 aliphatic carbocycles. The van der Waals surface area contributed by atoms with Crippen molar-refractivity contribution in [3.63, 3.8) is 0 Å². The molecule has 118 valence electrons. The minimum Gasteiger partial charge on any atom is -0.480 e. The molecule has 1 aliphatic heterocycles. The van der Waals surface area contributed by atoms with E-state index in [9.17, 15) is 9.90 Å². The first-order valence-corrected chi connectivity index (χ1v) is 7.49. The van der Waals surface area contributed by atoms with Crippen molar-refractivity contribution in [2.75, 3.05) is 31.1 Å². The van der Waals surface area contributed by atoms with Crippen molar-refractivity contribution in [3.05, 3.63) is 18.1 Å². The standard InChI is InChI=1S/C14H20N6O2/c1-3-11(13(21)22)18-4-6-19(7-5-18)12-8-10(2)17-14-15-9-16-20(12)14/h8-9,11H,3-7H2,1-2H3,(H,21,22). The number of rotatable bonds is 4. The van der Waals surface area contributed by atoms with Crippen LogP contribution >= 0.6 is 0 Å². The van der Waals surface area contributed by atoms with Crippen LogP contribution in [-0.4, -0.2) is 67.8 Å². The molecule has 3 rings (SSSR count). The lowest BCUT2D eigenvalue weighted by Crippen LogP contribution is -2.53. The molecule has 0 aromatic carbocycles. The quantitative estimate of drug-likeness (QED) is 0.875. The molecule has 1 N–H and O–H groups in total. The van der Waals surface area contributed by atoms with Gasteiger partial charge in [-0.3, -0.25) is 9.69 Å². The van der Waals surface area contributed by atoms with E-state index in [4.69, 9.17) is 0 Å². The van der Waals surface area contributed by atoms with Gasteiger partial charge in [0.25, 0.3) is 5.78 Å². The topological polar surface area (TPSA) is 86.9 Å². The molecule has 0 amide bonds.